The zero-order valence-electron chi connectivity index (χ0n) is 21.2. The van der Waals surface area contributed by atoms with Crippen LogP contribution in [0.5, 0.6) is 5.75 Å². The van der Waals surface area contributed by atoms with Crippen LogP contribution in [0.4, 0.5) is 5.82 Å². The minimum Gasteiger partial charge on any atom is -0.491 e. The number of fused-ring (bicyclic) bond motifs is 4. The number of hydrogen-bond donors (Lipinski definition) is 3. The Morgan fingerprint density at radius 1 is 1.15 bits per heavy atom. The summed E-state index contributed by atoms with van der Waals surface area (Å²) in [4.78, 5) is 40.1. The number of carbonyl (C=O) groups is 2. The van der Waals surface area contributed by atoms with Gasteiger partial charge in [-0.2, -0.15) is 9.61 Å². The molecule has 4 aromatic heterocycles. The molecule has 7 heterocycles. The molecule has 2 bridgehead atoms. The fourth-order valence-electron chi connectivity index (χ4n) is 6.44. The fourth-order valence-corrected chi connectivity index (χ4v) is 6.44. The van der Waals surface area contributed by atoms with Gasteiger partial charge in [-0.1, -0.05) is 0 Å². The monoisotopic (exact) mass is 529 g/mol. The Labute approximate surface area is 222 Å². The van der Waals surface area contributed by atoms with Gasteiger partial charge in [0.25, 0.3) is 5.91 Å². The molecule has 13 heteroatoms. The van der Waals surface area contributed by atoms with Crippen molar-refractivity contribution in [2.45, 2.75) is 63.1 Å². The van der Waals surface area contributed by atoms with E-state index in [9.17, 15) is 14.7 Å². The number of H-pyrrole nitrogens is 1. The number of hydrogen-bond acceptors (Lipinski definition) is 10. The maximum absolute atomic E-state index is 13.1. The highest BCUT2D eigenvalue weighted by molar-refractivity contribution is 6.00. The Hall–Kier alpha value is -4.39. The number of nitrogens with two attached hydrogens (primary N) is 1. The van der Waals surface area contributed by atoms with E-state index in [1.807, 2.05) is 11.0 Å². The van der Waals surface area contributed by atoms with Crippen LogP contribution in [-0.2, 0) is 0 Å². The molecular weight excluding hydrogens is 502 g/mol. The second kappa shape index (κ2) is 8.83. The summed E-state index contributed by atoms with van der Waals surface area (Å²) in [7, 11) is 0. The van der Waals surface area contributed by atoms with Crippen molar-refractivity contribution in [3.05, 3.63) is 47.6 Å². The van der Waals surface area contributed by atoms with Crippen LogP contribution < -0.4 is 10.5 Å². The standard InChI is InChI=1S/C26H27N9O4/c1-12(36)20-21(13-6-15-2-3-16(7-13)34(15)26(38)24-29-11-30-33-24)32-25-17(10-31-35(25)23(20)27)14-8-19-22(28-9-14)18(37)4-5-39-19/h8-11,13,15-16,18,37H,2-7,27H2,1H3,(H,29,30,33)/t13?,15-,16?,18?/m1/s1. The Kier molecular flexibility index (Phi) is 5.37. The van der Waals surface area contributed by atoms with Gasteiger partial charge in [-0.15, -0.1) is 10.2 Å². The predicted octanol–water partition coefficient (Wildman–Crippen LogP) is 2.06. The third-order valence-electron chi connectivity index (χ3n) is 8.19. The van der Waals surface area contributed by atoms with E-state index in [0.29, 0.717) is 59.8 Å². The highest BCUT2D eigenvalue weighted by Crippen LogP contribution is 2.45. The average Bonchev–Trinajstić information content (AvgIpc) is 3.66. The van der Waals surface area contributed by atoms with Crippen LogP contribution in [0.1, 0.15) is 83.4 Å². The topological polar surface area (TPSA) is 178 Å². The van der Waals surface area contributed by atoms with Gasteiger partial charge in [-0.25, -0.2) is 4.98 Å². The number of carbonyl (C=O) groups excluding carboxylic acids is 2. The first-order valence-corrected chi connectivity index (χ1v) is 13.1. The number of aliphatic hydroxyl groups is 1. The quantitative estimate of drug-likeness (QED) is 0.331. The number of rotatable bonds is 4. The second-order valence-corrected chi connectivity index (χ2v) is 10.5. The number of aliphatic hydroxyl groups excluding tert-OH is 1. The van der Waals surface area contributed by atoms with Crippen molar-refractivity contribution in [1.29, 1.82) is 0 Å². The fraction of sp³-hybridized carbons (Fsp3) is 0.423. The molecule has 2 fully saturated rings. The summed E-state index contributed by atoms with van der Waals surface area (Å²) < 4.78 is 7.23. The number of ether oxygens (including phenoxy) is 1. The highest BCUT2D eigenvalue weighted by Gasteiger charge is 2.45. The Balaban J connectivity index is 1.29. The number of anilines is 1. The Bertz CT molecular complexity index is 1600. The van der Waals surface area contributed by atoms with Crippen molar-refractivity contribution in [2.75, 3.05) is 12.3 Å². The molecule has 0 spiro atoms. The summed E-state index contributed by atoms with van der Waals surface area (Å²) in [5.74, 6) is 0.601. The lowest BCUT2D eigenvalue weighted by molar-refractivity contribution is 0.0556. The maximum Gasteiger partial charge on any atom is 0.292 e. The molecule has 3 aliphatic heterocycles. The van der Waals surface area contributed by atoms with E-state index < -0.39 is 6.10 Å². The molecule has 3 unspecified atom stereocenters. The van der Waals surface area contributed by atoms with Gasteiger partial charge in [0.15, 0.2) is 11.4 Å². The van der Waals surface area contributed by atoms with Gasteiger partial charge < -0.3 is 25.5 Å². The number of pyridine rings is 1. The number of nitrogens with one attached hydrogen (secondary N) is 1. The number of amides is 1. The summed E-state index contributed by atoms with van der Waals surface area (Å²) in [5, 5.41) is 22.4. The van der Waals surface area contributed by atoms with Crippen molar-refractivity contribution < 1.29 is 19.4 Å². The molecule has 13 nitrogen and oxygen atoms in total. The van der Waals surface area contributed by atoms with Crippen LogP contribution in [0.3, 0.4) is 0 Å². The molecule has 7 rings (SSSR count). The summed E-state index contributed by atoms with van der Waals surface area (Å²) in [6, 6.07) is 1.83. The highest BCUT2D eigenvalue weighted by atomic mass is 16.5. The molecule has 1 amide bonds. The van der Waals surface area contributed by atoms with Gasteiger partial charge in [0, 0.05) is 41.7 Å². The lowest BCUT2D eigenvalue weighted by atomic mass is 9.85. The predicted molar refractivity (Wildman–Crippen MR) is 137 cm³/mol. The van der Waals surface area contributed by atoms with Gasteiger partial charge in [0.1, 0.15) is 29.7 Å². The van der Waals surface area contributed by atoms with Crippen molar-refractivity contribution in [1.82, 2.24) is 39.7 Å². The first kappa shape index (κ1) is 23.7. The summed E-state index contributed by atoms with van der Waals surface area (Å²) in [5.41, 5.74) is 9.99. The molecule has 2 saturated heterocycles. The van der Waals surface area contributed by atoms with Crippen molar-refractivity contribution in [2.24, 2.45) is 0 Å². The molecule has 0 saturated carbocycles. The van der Waals surface area contributed by atoms with Gasteiger partial charge in [0.05, 0.1) is 24.1 Å². The molecule has 4 aromatic rings. The summed E-state index contributed by atoms with van der Waals surface area (Å²) >= 11 is 0. The minimum atomic E-state index is -0.664. The average molecular weight is 530 g/mol. The number of ketones is 1. The molecule has 4 N–H and O–H groups in total. The minimum absolute atomic E-state index is 0.00297. The van der Waals surface area contributed by atoms with Gasteiger partial charge >= 0.3 is 0 Å². The van der Waals surface area contributed by atoms with E-state index in [1.54, 1.807) is 12.4 Å². The Morgan fingerprint density at radius 3 is 2.67 bits per heavy atom. The first-order valence-electron chi connectivity index (χ1n) is 13.1. The lowest BCUT2D eigenvalue weighted by Gasteiger charge is -2.38. The van der Waals surface area contributed by atoms with E-state index in [4.69, 9.17) is 15.5 Å². The number of nitrogens with zero attached hydrogens (tertiary/aromatic N) is 7. The van der Waals surface area contributed by atoms with Crippen LogP contribution in [0.2, 0.25) is 0 Å². The molecule has 0 aromatic carbocycles. The largest absolute Gasteiger partial charge is 0.491 e. The van der Waals surface area contributed by atoms with E-state index in [2.05, 4.69) is 25.3 Å². The summed E-state index contributed by atoms with van der Waals surface area (Å²) in [6.45, 7) is 1.89. The van der Waals surface area contributed by atoms with E-state index in [1.165, 1.54) is 17.8 Å². The Morgan fingerprint density at radius 2 is 1.95 bits per heavy atom. The first-order chi connectivity index (χ1) is 18.9. The van der Waals surface area contributed by atoms with Crippen LogP contribution in [0.25, 0.3) is 16.8 Å². The molecule has 200 valence electrons. The normalized spacial score (nSPS) is 24.0. The third kappa shape index (κ3) is 3.67. The van der Waals surface area contributed by atoms with Gasteiger partial charge in [-0.3, -0.25) is 14.6 Å². The molecule has 0 aliphatic carbocycles. The van der Waals surface area contributed by atoms with Gasteiger partial charge in [0.2, 0.25) is 5.82 Å². The van der Waals surface area contributed by atoms with Crippen LogP contribution >= 0.6 is 0 Å². The maximum atomic E-state index is 13.1. The van der Waals surface area contributed by atoms with E-state index in [-0.39, 0.29) is 41.3 Å². The van der Waals surface area contributed by atoms with Gasteiger partial charge in [-0.05, 0) is 38.7 Å². The number of aromatic amines is 1. The molecule has 3 aliphatic rings. The number of Topliss-reactive ketones (excluding diaryl/α,β-unsaturated/α-hetero) is 1. The molecule has 4 atom stereocenters. The van der Waals surface area contributed by atoms with E-state index in [0.717, 1.165) is 18.4 Å². The van der Waals surface area contributed by atoms with Crippen molar-refractivity contribution >= 4 is 23.2 Å². The zero-order valence-corrected chi connectivity index (χ0v) is 21.2. The van der Waals surface area contributed by atoms with Crippen LogP contribution in [-0.4, -0.2) is 75.2 Å². The molecular formula is C26H27N9O4. The van der Waals surface area contributed by atoms with Crippen LogP contribution in [0, 0.1) is 0 Å². The summed E-state index contributed by atoms with van der Waals surface area (Å²) in [6.07, 6.45) is 7.62. The third-order valence-corrected chi connectivity index (χ3v) is 8.19. The zero-order chi connectivity index (χ0) is 26.8. The molecule has 0 radical (unpaired) electrons. The molecule has 39 heavy (non-hydrogen) atoms. The number of nitrogen functional groups attached to an aromatic ring is 1. The van der Waals surface area contributed by atoms with E-state index >= 15 is 0 Å². The SMILES string of the molecule is CC(=O)c1c(C2CC3CC[C@H](C2)N3C(=O)c2nnc[nH]2)nc2c(-c3cnc4c(c3)OCCC4O)cnn2c1N. The second-order valence-electron chi connectivity index (χ2n) is 10.5. The number of aromatic nitrogens is 7. The number of piperidine rings is 1. The van der Waals surface area contributed by atoms with Crippen molar-refractivity contribution in [3.63, 3.8) is 0 Å². The van der Waals surface area contributed by atoms with Crippen LogP contribution in [0.15, 0.2) is 24.8 Å². The lowest BCUT2D eigenvalue weighted by Crippen LogP contribution is -2.46. The smallest absolute Gasteiger partial charge is 0.292 e. The van der Waals surface area contributed by atoms with Crippen molar-refractivity contribution in [3.8, 4) is 16.9 Å².